The molecule has 2 aromatic carbocycles. The molecule has 7 heteroatoms. The molecule has 0 aliphatic rings. The van der Waals surface area contributed by atoms with Gasteiger partial charge in [0.25, 0.3) is 5.91 Å². The molecule has 0 saturated heterocycles. The lowest BCUT2D eigenvalue weighted by molar-refractivity contribution is 0.102. The van der Waals surface area contributed by atoms with Gasteiger partial charge in [-0.25, -0.2) is 4.98 Å². The molecule has 0 fully saturated rings. The minimum atomic E-state index is -0.431. The van der Waals surface area contributed by atoms with E-state index in [1.807, 2.05) is 25.1 Å². The average Bonchev–Trinajstić information content (AvgIpc) is 2.96. The van der Waals surface area contributed by atoms with E-state index in [1.165, 1.54) is 30.6 Å². The molecule has 1 heterocycles. The smallest absolute Gasteiger partial charge is 0.261 e. The van der Waals surface area contributed by atoms with Gasteiger partial charge in [-0.3, -0.25) is 10.1 Å². The Labute approximate surface area is 142 Å². The van der Waals surface area contributed by atoms with Crippen molar-refractivity contribution in [2.75, 3.05) is 19.0 Å². The third-order valence-electron chi connectivity index (χ3n) is 3.34. The summed E-state index contributed by atoms with van der Waals surface area (Å²) < 4.78 is 11.4. The number of fused-ring (bicyclic) bond motifs is 1. The van der Waals surface area contributed by atoms with Crippen LogP contribution in [-0.2, 0) is 0 Å². The fourth-order valence-electron chi connectivity index (χ4n) is 2.21. The predicted octanol–water partition coefficient (Wildman–Crippen LogP) is 3.66. The first-order valence-electron chi connectivity index (χ1n) is 7.32. The Morgan fingerprint density at radius 2 is 2.04 bits per heavy atom. The number of ether oxygens (including phenoxy) is 2. The second kappa shape index (κ2) is 6.76. The van der Waals surface area contributed by atoms with Gasteiger partial charge in [0.05, 0.1) is 29.5 Å². The van der Waals surface area contributed by atoms with Crippen LogP contribution in [0.3, 0.4) is 0 Å². The Morgan fingerprint density at radius 1 is 1.25 bits per heavy atom. The number of hydrogen-bond acceptors (Lipinski definition) is 6. The van der Waals surface area contributed by atoms with E-state index in [-0.39, 0.29) is 11.3 Å². The van der Waals surface area contributed by atoms with Crippen LogP contribution in [0.4, 0.5) is 5.13 Å². The lowest BCUT2D eigenvalue weighted by atomic mass is 10.2. The molecule has 3 rings (SSSR count). The zero-order valence-electron chi connectivity index (χ0n) is 13.2. The molecule has 1 aromatic heterocycles. The number of methoxy groups -OCH3 is 1. The van der Waals surface area contributed by atoms with Crippen LogP contribution in [-0.4, -0.2) is 29.7 Å². The predicted molar refractivity (Wildman–Crippen MR) is 93.4 cm³/mol. The van der Waals surface area contributed by atoms with Crippen LogP contribution >= 0.6 is 11.3 Å². The van der Waals surface area contributed by atoms with Gasteiger partial charge in [-0.05, 0) is 37.3 Å². The molecular formula is C17H16N2O4S. The van der Waals surface area contributed by atoms with Crippen LogP contribution in [0.2, 0.25) is 0 Å². The molecule has 0 aliphatic heterocycles. The van der Waals surface area contributed by atoms with Crippen molar-refractivity contribution in [3.05, 3.63) is 42.0 Å². The number of nitrogens with one attached hydrogen (secondary N) is 1. The van der Waals surface area contributed by atoms with Crippen molar-refractivity contribution in [1.29, 1.82) is 0 Å². The summed E-state index contributed by atoms with van der Waals surface area (Å²) in [4.78, 5) is 16.7. The van der Waals surface area contributed by atoms with Crippen molar-refractivity contribution >= 4 is 32.6 Å². The molecule has 2 N–H and O–H groups in total. The Hall–Kier alpha value is -2.80. The highest BCUT2D eigenvalue weighted by molar-refractivity contribution is 7.22. The summed E-state index contributed by atoms with van der Waals surface area (Å²) in [7, 11) is 1.49. The van der Waals surface area contributed by atoms with E-state index in [4.69, 9.17) is 9.47 Å². The fourth-order valence-corrected chi connectivity index (χ4v) is 3.10. The molecule has 0 radical (unpaired) electrons. The van der Waals surface area contributed by atoms with Gasteiger partial charge < -0.3 is 14.6 Å². The highest BCUT2D eigenvalue weighted by Gasteiger charge is 2.14. The summed E-state index contributed by atoms with van der Waals surface area (Å²) in [5.74, 6) is 0.664. The summed E-state index contributed by atoms with van der Waals surface area (Å²) in [6, 6.07) is 10.1. The van der Waals surface area contributed by atoms with Crippen LogP contribution in [0.5, 0.6) is 17.2 Å². The maximum Gasteiger partial charge on any atom is 0.261 e. The standard InChI is InChI=1S/C17H16N2O4S/c1-3-23-11-5-7-13-15(9-11)24-17(18-13)19-16(21)12-6-4-10(22-2)8-14(12)20/h4-9,20H,3H2,1-2H3,(H,18,19,21). The van der Waals surface area contributed by atoms with E-state index in [2.05, 4.69) is 10.3 Å². The number of aromatic nitrogens is 1. The number of carbonyl (C=O) groups is 1. The van der Waals surface area contributed by atoms with Gasteiger partial charge in [-0.15, -0.1) is 0 Å². The Balaban J connectivity index is 1.82. The molecule has 0 atom stereocenters. The van der Waals surface area contributed by atoms with Crippen molar-refractivity contribution in [2.24, 2.45) is 0 Å². The second-order valence-corrected chi connectivity index (χ2v) is 5.95. The summed E-state index contributed by atoms with van der Waals surface area (Å²) >= 11 is 1.34. The summed E-state index contributed by atoms with van der Waals surface area (Å²) in [5.41, 5.74) is 0.933. The van der Waals surface area contributed by atoms with E-state index in [1.54, 1.807) is 6.07 Å². The third-order valence-corrected chi connectivity index (χ3v) is 4.27. The van der Waals surface area contributed by atoms with Crippen LogP contribution < -0.4 is 14.8 Å². The number of benzene rings is 2. The quantitative estimate of drug-likeness (QED) is 0.738. The lowest BCUT2D eigenvalue weighted by Crippen LogP contribution is -2.11. The van der Waals surface area contributed by atoms with Gasteiger partial charge in [-0.1, -0.05) is 11.3 Å². The number of aromatic hydroxyl groups is 1. The van der Waals surface area contributed by atoms with Gasteiger partial charge >= 0.3 is 0 Å². The van der Waals surface area contributed by atoms with Gasteiger partial charge in [-0.2, -0.15) is 0 Å². The van der Waals surface area contributed by atoms with Crippen LogP contribution in [0.25, 0.3) is 10.2 Å². The number of nitrogens with zero attached hydrogens (tertiary/aromatic N) is 1. The maximum absolute atomic E-state index is 12.3. The molecule has 0 spiro atoms. The van der Waals surface area contributed by atoms with Crippen LogP contribution in [0, 0.1) is 0 Å². The molecular weight excluding hydrogens is 328 g/mol. The van der Waals surface area contributed by atoms with Crippen molar-refractivity contribution in [1.82, 2.24) is 4.98 Å². The molecule has 0 unspecified atom stereocenters. The van der Waals surface area contributed by atoms with Crippen LogP contribution in [0.1, 0.15) is 17.3 Å². The number of rotatable bonds is 5. The normalized spacial score (nSPS) is 10.6. The van der Waals surface area contributed by atoms with Gasteiger partial charge in [0, 0.05) is 6.07 Å². The van der Waals surface area contributed by atoms with Gasteiger partial charge in [0.1, 0.15) is 17.2 Å². The van der Waals surface area contributed by atoms with E-state index in [9.17, 15) is 9.90 Å². The molecule has 0 saturated carbocycles. The Kier molecular flexibility index (Phi) is 4.52. The molecule has 124 valence electrons. The van der Waals surface area contributed by atoms with Gasteiger partial charge in [0.2, 0.25) is 0 Å². The first kappa shape index (κ1) is 16.1. The van der Waals surface area contributed by atoms with Crippen LogP contribution in [0.15, 0.2) is 36.4 Å². The van der Waals surface area contributed by atoms with Crippen molar-refractivity contribution in [3.8, 4) is 17.2 Å². The maximum atomic E-state index is 12.3. The molecule has 0 bridgehead atoms. The highest BCUT2D eigenvalue weighted by Crippen LogP contribution is 2.30. The van der Waals surface area contributed by atoms with E-state index in [0.717, 1.165) is 16.0 Å². The summed E-state index contributed by atoms with van der Waals surface area (Å²) in [5, 5.41) is 13.1. The fraction of sp³-hybridized carbons (Fsp3) is 0.176. The van der Waals surface area contributed by atoms with E-state index >= 15 is 0 Å². The van der Waals surface area contributed by atoms with Crippen molar-refractivity contribution in [3.63, 3.8) is 0 Å². The second-order valence-electron chi connectivity index (χ2n) is 4.92. The first-order chi connectivity index (χ1) is 11.6. The number of phenolic OH excluding ortho intramolecular Hbond substituents is 1. The Bertz CT molecular complexity index is 891. The summed E-state index contributed by atoms with van der Waals surface area (Å²) in [6.45, 7) is 2.51. The minimum Gasteiger partial charge on any atom is -0.507 e. The lowest BCUT2D eigenvalue weighted by Gasteiger charge is -2.06. The topological polar surface area (TPSA) is 80.7 Å². The number of carbonyl (C=O) groups excluding carboxylic acids is 1. The number of phenols is 1. The Morgan fingerprint density at radius 3 is 2.75 bits per heavy atom. The zero-order valence-corrected chi connectivity index (χ0v) is 14.0. The summed E-state index contributed by atoms with van der Waals surface area (Å²) in [6.07, 6.45) is 0. The number of thiazole rings is 1. The van der Waals surface area contributed by atoms with Crippen molar-refractivity contribution < 1.29 is 19.4 Å². The monoisotopic (exact) mass is 344 g/mol. The molecule has 1 amide bonds. The molecule has 3 aromatic rings. The zero-order chi connectivity index (χ0) is 17.1. The highest BCUT2D eigenvalue weighted by atomic mass is 32.1. The van der Waals surface area contributed by atoms with E-state index < -0.39 is 5.91 Å². The third kappa shape index (κ3) is 3.26. The molecule has 6 nitrogen and oxygen atoms in total. The molecule has 24 heavy (non-hydrogen) atoms. The number of hydrogen-bond donors (Lipinski definition) is 2. The van der Waals surface area contributed by atoms with E-state index in [0.29, 0.717) is 17.5 Å². The SMILES string of the molecule is CCOc1ccc2nc(NC(=O)c3ccc(OC)cc3O)sc2c1. The average molecular weight is 344 g/mol. The largest absolute Gasteiger partial charge is 0.507 e. The first-order valence-corrected chi connectivity index (χ1v) is 8.14. The number of amides is 1. The molecule has 0 aliphatic carbocycles. The van der Waals surface area contributed by atoms with Crippen molar-refractivity contribution in [2.45, 2.75) is 6.92 Å². The van der Waals surface area contributed by atoms with Gasteiger partial charge in [0.15, 0.2) is 5.13 Å². The minimum absolute atomic E-state index is 0.147. The number of anilines is 1.